The molecule has 1 aliphatic heterocycles. The molecule has 0 bridgehead atoms. The summed E-state index contributed by atoms with van der Waals surface area (Å²) in [6.45, 7) is 3.61. The Bertz CT molecular complexity index is 392. The van der Waals surface area contributed by atoms with Crippen molar-refractivity contribution in [1.29, 1.82) is 0 Å². The predicted octanol–water partition coefficient (Wildman–Crippen LogP) is 3.08. The van der Waals surface area contributed by atoms with Crippen LogP contribution >= 0.6 is 0 Å². The van der Waals surface area contributed by atoms with E-state index in [-0.39, 0.29) is 24.3 Å². The number of carboxylic acids is 1. The lowest BCUT2D eigenvalue weighted by Gasteiger charge is -2.35. The van der Waals surface area contributed by atoms with E-state index in [0.29, 0.717) is 25.6 Å². The number of morpholine rings is 1. The third-order valence-corrected chi connectivity index (χ3v) is 5.18. The minimum absolute atomic E-state index is 0.0230. The van der Waals surface area contributed by atoms with Crippen LogP contribution in [0.15, 0.2) is 0 Å². The lowest BCUT2D eigenvalue weighted by molar-refractivity contribution is -0.150. The van der Waals surface area contributed by atoms with E-state index in [4.69, 9.17) is 9.84 Å². The maximum absolute atomic E-state index is 12.9. The first-order valence-corrected chi connectivity index (χ1v) is 9.22. The molecule has 23 heavy (non-hydrogen) atoms. The van der Waals surface area contributed by atoms with E-state index in [1.54, 1.807) is 0 Å². The van der Waals surface area contributed by atoms with Crippen molar-refractivity contribution in [2.75, 3.05) is 19.7 Å². The molecule has 5 nitrogen and oxygen atoms in total. The number of amides is 1. The Labute approximate surface area is 139 Å². The van der Waals surface area contributed by atoms with Gasteiger partial charge in [0.15, 0.2) is 0 Å². The van der Waals surface area contributed by atoms with E-state index >= 15 is 0 Å². The monoisotopic (exact) mass is 325 g/mol. The molecule has 2 fully saturated rings. The van der Waals surface area contributed by atoms with Gasteiger partial charge in [0.2, 0.25) is 5.91 Å². The molecule has 1 aliphatic carbocycles. The Morgan fingerprint density at radius 2 is 2.00 bits per heavy atom. The molecule has 0 aromatic carbocycles. The van der Waals surface area contributed by atoms with Gasteiger partial charge in [0.05, 0.1) is 19.1 Å². The van der Waals surface area contributed by atoms with Crippen LogP contribution in [0, 0.1) is 11.8 Å². The summed E-state index contributed by atoms with van der Waals surface area (Å²) in [5.74, 6) is 0.152. The normalized spacial score (nSPS) is 24.4. The quantitative estimate of drug-likeness (QED) is 0.781. The highest BCUT2D eigenvalue weighted by molar-refractivity contribution is 5.79. The molecule has 1 saturated carbocycles. The molecule has 1 N–H and O–H groups in total. The highest BCUT2D eigenvalue weighted by atomic mass is 16.5. The number of carbonyl (C=O) groups excluding carboxylic acids is 1. The second-order valence-electron chi connectivity index (χ2n) is 7.10. The lowest BCUT2D eigenvalue weighted by atomic mass is 9.81. The van der Waals surface area contributed by atoms with Crippen molar-refractivity contribution >= 4 is 11.9 Å². The highest BCUT2D eigenvalue weighted by Crippen LogP contribution is 2.31. The van der Waals surface area contributed by atoms with Crippen LogP contribution in [0.4, 0.5) is 0 Å². The number of rotatable bonds is 7. The zero-order valence-electron chi connectivity index (χ0n) is 14.3. The van der Waals surface area contributed by atoms with Crippen LogP contribution in [0.5, 0.6) is 0 Å². The minimum atomic E-state index is -0.864. The summed E-state index contributed by atoms with van der Waals surface area (Å²) < 4.78 is 5.48. The minimum Gasteiger partial charge on any atom is -0.481 e. The number of nitrogens with zero attached hydrogens (tertiary/aromatic N) is 1. The van der Waals surface area contributed by atoms with E-state index < -0.39 is 5.97 Å². The molecule has 2 atom stereocenters. The number of aliphatic carboxylic acids is 1. The van der Waals surface area contributed by atoms with E-state index in [0.717, 1.165) is 19.3 Å². The van der Waals surface area contributed by atoms with Gasteiger partial charge in [0, 0.05) is 19.0 Å². The Morgan fingerprint density at radius 1 is 1.26 bits per heavy atom. The molecule has 2 unspecified atom stereocenters. The molecule has 1 saturated heterocycles. The number of hydrogen-bond donors (Lipinski definition) is 1. The summed E-state index contributed by atoms with van der Waals surface area (Å²) in [6, 6.07) is 0. The van der Waals surface area contributed by atoms with Crippen molar-refractivity contribution in [2.24, 2.45) is 11.8 Å². The van der Waals surface area contributed by atoms with Crippen LogP contribution < -0.4 is 0 Å². The van der Waals surface area contributed by atoms with Crippen molar-refractivity contribution < 1.29 is 19.4 Å². The number of carboxylic acid groups (broad SMARTS) is 1. The standard InChI is InChI=1S/C18H31NO4/c1-2-6-15(11-14-7-4-3-5-8-14)18(22)19-9-10-23-16(13-19)12-17(20)21/h14-16H,2-13H2,1H3,(H,20,21). The smallest absolute Gasteiger partial charge is 0.306 e. The Balaban J connectivity index is 1.91. The summed E-state index contributed by atoms with van der Waals surface area (Å²) in [6.07, 6.45) is 9.05. The van der Waals surface area contributed by atoms with Gasteiger partial charge in [-0.25, -0.2) is 0 Å². The van der Waals surface area contributed by atoms with Gasteiger partial charge in [-0.15, -0.1) is 0 Å². The van der Waals surface area contributed by atoms with Crippen molar-refractivity contribution in [3.63, 3.8) is 0 Å². The molecule has 0 spiro atoms. The second kappa shape index (κ2) is 9.26. The van der Waals surface area contributed by atoms with Crippen molar-refractivity contribution in [3.05, 3.63) is 0 Å². The van der Waals surface area contributed by atoms with Crippen molar-refractivity contribution in [2.45, 2.75) is 70.8 Å². The molecule has 1 heterocycles. The summed E-state index contributed by atoms with van der Waals surface area (Å²) in [4.78, 5) is 25.6. The first kappa shape index (κ1) is 18.2. The fourth-order valence-corrected chi connectivity index (χ4v) is 4.01. The number of carbonyl (C=O) groups is 2. The lowest BCUT2D eigenvalue weighted by Crippen LogP contribution is -2.48. The maximum Gasteiger partial charge on any atom is 0.306 e. The zero-order chi connectivity index (χ0) is 16.7. The molecule has 2 aliphatic rings. The van der Waals surface area contributed by atoms with Gasteiger partial charge in [0.25, 0.3) is 0 Å². The van der Waals surface area contributed by atoms with Crippen LogP contribution in [0.3, 0.4) is 0 Å². The van der Waals surface area contributed by atoms with Gasteiger partial charge in [-0.2, -0.15) is 0 Å². The third-order valence-electron chi connectivity index (χ3n) is 5.18. The van der Waals surface area contributed by atoms with Gasteiger partial charge < -0.3 is 14.7 Å². The van der Waals surface area contributed by atoms with Crippen LogP contribution in [0.1, 0.15) is 64.7 Å². The fourth-order valence-electron chi connectivity index (χ4n) is 4.01. The van der Waals surface area contributed by atoms with Gasteiger partial charge in [0.1, 0.15) is 0 Å². The number of hydrogen-bond acceptors (Lipinski definition) is 3. The first-order chi connectivity index (χ1) is 11.1. The van der Waals surface area contributed by atoms with Gasteiger partial charge in [-0.1, -0.05) is 45.4 Å². The Kier molecular flexibility index (Phi) is 7.34. The topological polar surface area (TPSA) is 66.8 Å². The van der Waals surface area contributed by atoms with Gasteiger partial charge in [-0.3, -0.25) is 9.59 Å². The molecule has 2 rings (SSSR count). The van der Waals surface area contributed by atoms with Crippen LogP contribution in [-0.4, -0.2) is 47.7 Å². The molecule has 0 aromatic rings. The summed E-state index contributed by atoms with van der Waals surface area (Å²) >= 11 is 0. The summed E-state index contributed by atoms with van der Waals surface area (Å²) in [7, 11) is 0. The zero-order valence-corrected chi connectivity index (χ0v) is 14.3. The summed E-state index contributed by atoms with van der Waals surface area (Å²) in [5, 5.41) is 8.92. The van der Waals surface area contributed by atoms with Crippen molar-refractivity contribution in [1.82, 2.24) is 4.90 Å². The average Bonchev–Trinajstić information content (AvgIpc) is 2.54. The predicted molar refractivity (Wildman–Crippen MR) is 88.2 cm³/mol. The van der Waals surface area contributed by atoms with E-state index in [2.05, 4.69) is 6.92 Å². The summed E-state index contributed by atoms with van der Waals surface area (Å²) in [5.41, 5.74) is 0. The third kappa shape index (κ3) is 5.79. The van der Waals surface area contributed by atoms with Crippen molar-refractivity contribution in [3.8, 4) is 0 Å². The van der Waals surface area contributed by atoms with E-state index in [1.807, 2.05) is 4.90 Å². The average molecular weight is 325 g/mol. The van der Waals surface area contributed by atoms with Gasteiger partial charge in [-0.05, 0) is 18.8 Å². The molecule has 0 aromatic heterocycles. The molecule has 1 amide bonds. The SMILES string of the molecule is CCCC(CC1CCCCC1)C(=O)N1CCOC(CC(=O)O)C1. The van der Waals surface area contributed by atoms with Crippen LogP contribution in [0.2, 0.25) is 0 Å². The molecule has 0 radical (unpaired) electrons. The first-order valence-electron chi connectivity index (χ1n) is 9.22. The van der Waals surface area contributed by atoms with Gasteiger partial charge >= 0.3 is 5.97 Å². The van der Waals surface area contributed by atoms with Crippen LogP contribution in [-0.2, 0) is 14.3 Å². The van der Waals surface area contributed by atoms with Crippen LogP contribution in [0.25, 0.3) is 0 Å². The van der Waals surface area contributed by atoms with E-state index in [1.165, 1.54) is 32.1 Å². The highest BCUT2D eigenvalue weighted by Gasteiger charge is 2.31. The second-order valence-corrected chi connectivity index (χ2v) is 7.10. The Hall–Kier alpha value is -1.10. The maximum atomic E-state index is 12.9. The largest absolute Gasteiger partial charge is 0.481 e. The fraction of sp³-hybridized carbons (Fsp3) is 0.889. The molecular formula is C18H31NO4. The molecular weight excluding hydrogens is 294 g/mol. The number of ether oxygens (including phenoxy) is 1. The molecule has 132 valence electrons. The van der Waals surface area contributed by atoms with E-state index in [9.17, 15) is 9.59 Å². The Morgan fingerprint density at radius 3 is 2.65 bits per heavy atom. The molecule has 5 heteroatoms.